The number of fused-ring (bicyclic) bond motifs is 1. The van der Waals surface area contributed by atoms with Crippen LogP contribution in [0.4, 0.5) is 5.69 Å². The third kappa shape index (κ3) is 3.34. The molecular weight excluding hydrogens is 294 g/mol. The van der Waals surface area contributed by atoms with Gasteiger partial charge in [0.25, 0.3) is 0 Å². The SMILES string of the molecule is CNc1ccc(C)cc1CNCC12COCCN1C(=O)COC2. The van der Waals surface area contributed by atoms with Gasteiger partial charge in [0, 0.05) is 32.4 Å². The average Bonchev–Trinajstić information content (AvgIpc) is 2.55. The van der Waals surface area contributed by atoms with Crippen LogP contribution in [-0.2, 0) is 20.8 Å². The molecule has 6 heteroatoms. The molecule has 0 radical (unpaired) electrons. The number of hydrogen-bond donors (Lipinski definition) is 2. The summed E-state index contributed by atoms with van der Waals surface area (Å²) < 4.78 is 11.1. The molecule has 2 fully saturated rings. The van der Waals surface area contributed by atoms with Gasteiger partial charge in [0.05, 0.1) is 19.8 Å². The van der Waals surface area contributed by atoms with Gasteiger partial charge in [-0.15, -0.1) is 0 Å². The lowest BCUT2D eigenvalue weighted by Gasteiger charge is -2.49. The largest absolute Gasteiger partial charge is 0.388 e. The van der Waals surface area contributed by atoms with Gasteiger partial charge in [-0.2, -0.15) is 0 Å². The van der Waals surface area contributed by atoms with E-state index in [2.05, 4.69) is 35.8 Å². The minimum atomic E-state index is -0.378. The van der Waals surface area contributed by atoms with E-state index in [1.807, 2.05) is 11.9 Å². The van der Waals surface area contributed by atoms with Gasteiger partial charge in [0.15, 0.2) is 0 Å². The van der Waals surface area contributed by atoms with Gasteiger partial charge < -0.3 is 25.0 Å². The second kappa shape index (κ2) is 6.86. The molecule has 2 N–H and O–H groups in total. The summed E-state index contributed by atoms with van der Waals surface area (Å²) in [4.78, 5) is 14.1. The number of hydrogen-bond acceptors (Lipinski definition) is 5. The van der Waals surface area contributed by atoms with Crippen molar-refractivity contribution in [3.63, 3.8) is 0 Å². The number of aryl methyl sites for hydroxylation is 1. The molecule has 0 saturated carbocycles. The molecule has 0 spiro atoms. The van der Waals surface area contributed by atoms with Crippen LogP contribution in [-0.4, -0.2) is 62.9 Å². The van der Waals surface area contributed by atoms with Crippen molar-refractivity contribution in [2.75, 3.05) is 51.9 Å². The third-order valence-electron chi connectivity index (χ3n) is 4.60. The van der Waals surface area contributed by atoms with E-state index in [9.17, 15) is 4.79 Å². The summed E-state index contributed by atoms with van der Waals surface area (Å²) in [7, 11) is 1.93. The maximum Gasteiger partial charge on any atom is 0.249 e. The lowest BCUT2D eigenvalue weighted by atomic mass is 9.95. The Morgan fingerprint density at radius 1 is 1.30 bits per heavy atom. The van der Waals surface area contributed by atoms with Gasteiger partial charge in [-0.25, -0.2) is 0 Å². The number of nitrogens with one attached hydrogen (secondary N) is 2. The van der Waals surface area contributed by atoms with Crippen LogP contribution in [0, 0.1) is 6.92 Å². The van der Waals surface area contributed by atoms with Crippen LogP contribution < -0.4 is 10.6 Å². The number of anilines is 1. The first-order valence-corrected chi connectivity index (χ1v) is 8.09. The molecule has 0 aliphatic carbocycles. The molecule has 1 amide bonds. The van der Waals surface area contributed by atoms with Crippen molar-refractivity contribution in [1.82, 2.24) is 10.2 Å². The maximum atomic E-state index is 12.1. The number of morpholine rings is 2. The van der Waals surface area contributed by atoms with Gasteiger partial charge in [0.1, 0.15) is 12.1 Å². The maximum absolute atomic E-state index is 12.1. The van der Waals surface area contributed by atoms with Crippen molar-refractivity contribution in [1.29, 1.82) is 0 Å². The number of amides is 1. The summed E-state index contributed by atoms with van der Waals surface area (Å²) in [6.07, 6.45) is 0. The van der Waals surface area contributed by atoms with E-state index in [0.29, 0.717) is 32.9 Å². The van der Waals surface area contributed by atoms with Gasteiger partial charge in [0.2, 0.25) is 5.91 Å². The Balaban J connectivity index is 1.67. The molecule has 0 bridgehead atoms. The second-order valence-electron chi connectivity index (χ2n) is 6.33. The van der Waals surface area contributed by atoms with Crippen LogP contribution in [0.3, 0.4) is 0 Å². The average molecular weight is 319 g/mol. The predicted octanol–water partition coefficient (Wildman–Crippen LogP) is 0.754. The number of carbonyl (C=O) groups is 1. The predicted molar refractivity (Wildman–Crippen MR) is 88.5 cm³/mol. The van der Waals surface area contributed by atoms with Crippen molar-refractivity contribution in [3.8, 4) is 0 Å². The molecule has 1 atom stereocenters. The normalized spacial score (nSPS) is 24.4. The molecule has 126 valence electrons. The van der Waals surface area contributed by atoms with Crippen LogP contribution in [0.25, 0.3) is 0 Å². The number of carbonyl (C=O) groups excluding carboxylic acids is 1. The van der Waals surface area contributed by atoms with E-state index in [1.165, 1.54) is 11.1 Å². The summed E-state index contributed by atoms with van der Waals surface area (Å²) in [5.74, 6) is 0.0628. The van der Waals surface area contributed by atoms with Crippen LogP contribution in [0.15, 0.2) is 18.2 Å². The van der Waals surface area contributed by atoms with Crippen molar-refractivity contribution >= 4 is 11.6 Å². The molecule has 2 aliphatic heterocycles. The molecule has 2 aliphatic rings. The summed E-state index contributed by atoms with van der Waals surface area (Å²) in [6.45, 7) is 5.98. The molecule has 2 heterocycles. The summed E-state index contributed by atoms with van der Waals surface area (Å²) >= 11 is 0. The molecule has 23 heavy (non-hydrogen) atoms. The van der Waals surface area contributed by atoms with Gasteiger partial charge in [-0.05, 0) is 18.6 Å². The standard InChI is InChI=1S/C17H25N3O3/c1-13-3-4-15(18-2)14(7-13)8-19-10-17-11-22-6-5-20(17)16(21)9-23-12-17/h3-4,7,18-19H,5-6,8-12H2,1-2H3. The van der Waals surface area contributed by atoms with E-state index in [-0.39, 0.29) is 18.1 Å². The smallest absolute Gasteiger partial charge is 0.249 e. The lowest BCUT2D eigenvalue weighted by Crippen LogP contribution is -2.68. The molecule has 1 unspecified atom stereocenters. The van der Waals surface area contributed by atoms with E-state index in [0.717, 1.165) is 12.2 Å². The number of benzene rings is 1. The number of ether oxygens (including phenoxy) is 2. The van der Waals surface area contributed by atoms with Gasteiger partial charge >= 0.3 is 0 Å². The Labute approximate surface area is 137 Å². The van der Waals surface area contributed by atoms with Crippen LogP contribution in [0.2, 0.25) is 0 Å². The molecule has 2 saturated heterocycles. The zero-order chi connectivity index (χ0) is 16.3. The molecular formula is C17H25N3O3. The Morgan fingerprint density at radius 2 is 2.13 bits per heavy atom. The van der Waals surface area contributed by atoms with E-state index in [4.69, 9.17) is 9.47 Å². The Morgan fingerprint density at radius 3 is 2.96 bits per heavy atom. The Bertz CT molecular complexity index is 574. The highest BCUT2D eigenvalue weighted by molar-refractivity contribution is 5.79. The van der Waals surface area contributed by atoms with E-state index in [1.54, 1.807) is 0 Å². The number of rotatable bonds is 5. The highest BCUT2D eigenvalue weighted by Gasteiger charge is 2.45. The highest BCUT2D eigenvalue weighted by Crippen LogP contribution is 2.25. The zero-order valence-corrected chi connectivity index (χ0v) is 13.9. The fourth-order valence-corrected chi connectivity index (χ4v) is 3.39. The van der Waals surface area contributed by atoms with E-state index < -0.39 is 0 Å². The highest BCUT2D eigenvalue weighted by atomic mass is 16.5. The first kappa shape index (κ1) is 16.2. The minimum absolute atomic E-state index is 0.0628. The molecule has 1 aromatic carbocycles. The van der Waals surface area contributed by atoms with Gasteiger partial charge in [-0.1, -0.05) is 17.7 Å². The number of nitrogens with zero attached hydrogens (tertiary/aromatic N) is 1. The van der Waals surface area contributed by atoms with Crippen molar-refractivity contribution in [2.45, 2.75) is 19.0 Å². The topological polar surface area (TPSA) is 62.8 Å². The van der Waals surface area contributed by atoms with Crippen LogP contribution >= 0.6 is 0 Å². The zero-order valence-electron chi connectivity index (χ0n) is 13.9. The van der Waals surface area contributed by atoms with E-state index >= 15 is 0 Å². The summed E-state index contributed by atoms with van der Waals surface area (Å²) in [6, 6.07) is 6.36. The van der Waals surface area contributed by atoms with Gasteiger partial charge in [-0.3, -0.25) is 4.79 Å². The lowest BCUT2D eigenvalue weighted by molar-refractivity contribution is -0.176. The fraction of sp³-hybridized carbons (Fsp3) is 0.588. The van der Waals surface area contributed by atoms with Crippen molar-refractivity contribution < 1.29 is 14.3 Å². The monoisotopic (exact) mass is 319 g/mol. The molecule has 6 nitrogen and oxygen atoms in total. The van der Waals surface area contributed by atoms with Crippen molar-refractivity contribution in [3.05, 3.63) is 29.3 Å². The third-order valence-corrected chi connectivity index (χ3v) is 4.60. The molecule has 1 aromatic rings. The Kier molecular flexibility index (Phi) is 4.84. The first-order valence-electron chi connectivity index (χ1n) is 8.09. The minimum Gasteiger partial charge on any atom is -0.388 e. The molecule has 0 aromatic heterocycles. The first-order chi connectivity index (χ1) is 11.1. The fourth-order valence-electron chi connectivity index (χ4n) is 3.39. The van der Waals surface area contributed by atoms with Crippen LogP contribution in [0.5, 0.6) is 0 Å². The van der Waals surface area contributed by atoms with Crippen molar-refractivity contribution in [2.24, 2.45) is 0 Å². The van der Waals surface area contributed by atoms with Crippen LogP contribution in [0.1, 0.15) is 11.1 Å². The Hall–Kier alpha value is -1.63. The molecule has 3 rings (SSSR count). The quantitative estimate of drug-likeness (QED) is 0.839. The summed E-state index contributed by atoms with van der Waals surface area (Å²) in [5.41, 5.74) is 3.19. The second-order valence-corrected chi connectivity index (χ2v) is 6.33. The summed E-state index contributed by atoms with van der Waals surface area (Å²) in [5, 5.41) is 6.71.